The molecule has 0 aromatic heterocycles. The molecule has 100 valence electrons. The van der Waals surface area contributed by atoms with Crippen molar-refractivity contribution in [2.75, 3.05) is 0 Å². The molecule has 19 heavy (non-hydrogen) atoms. The zero-order valence-electron chi connectivity index (χ0n) is 11.5. The molecule has 0 aliphatic rings. The predicted molar refractivity (Wildman–Crippen MR) is 75.0 cm³/mol. The van der Waals surface area contributed by atoms with Gasteiger partial charge >= 0.3 is 0 Å². The standard InChI is InChI=1S/C17H18F2/c1-17(2,3)11-12-6-4-7-13(10-12)14-8-5-9-15(18)16(14)19/h4-10H,11H2,1-3H3. The Morgan fingerprint density at radius 2 is 1.63 bits per heavy atom. The van der Waals surface area contributed by atoms with E-state index in [-0.39, 0.29) is 5.41 Å². The van der Waals surface area contributed by atoms with Gasteiger partial charge in [0.2, 0.25) is 0 Å². The third-order valence-corrected chi connectivity index (χ3v) is 2.92. The fourth-order valence-electron chi connectivity index (χ4n) is 2.19. The Balaban J connectivity index is 2.41. The van der Waals surface area contributed by atoms with Crippen molar-refractivity contribution in [3.63, 3.8) is 0 Å². The molecule has 0 N–H and O–H groups in total. The lowest BCUT2D eigenvalue weighted by atomic mass is 9.87. The van der Waals surface area contributed by atoms with Crippen molar-refractivity contribution in [1.29, 1.82) is 0 Å². The van der Waals surface area contributed by atoms with Gasteiger partial charge in [0.15, 0.2) is 11.6 Å². The summed E-state index contributed by atoms with van der Waals surface area (Å²) in [5.74, 6) is -1.59. The van der Waals surface area contributed by atoms with Gasteiger partial charge in [0, 0.05) is 5.56 Å². The summed E-state index contributed by atoms with van der Waals surface area (Å²) in [6.45, 7) is 6.47. The van der Waals surface area contributed by atoms with Crippen LogP contribution in [-0.4, -0.2) is 0 Å². The summed E-state index contributed by atoms with van der Waals surface area (Å²) in [4.78, 5) is 0. The van der Waals surface area contributed by atoms with E-state index in [2.05, 4.69) is 20.8 Å². The van der Waals surface area contributed by atoms with E-state index in [1.165, 1.54) is 6.07 Å². The van der Waals surface area contributed by atoms with Crippen molar-refractivity contribution < 1.29 is 8.78 Å². The molecule has 0 heterocycles. The monoisotopic (exact) mass is 260 g/mol. The molecule has 0 bridgehead atoms. The van der Waals surface area contributed by atoms with E-state index in [1.54, 1.807) is 6.07 Å². The number of hydrogen-bond acceptors (Lipinski definition) is 0. The first-order valence-electron chi connectivity index (χ1n) is 6.40. The van der Waals surface area contributed by atoms with Crippen molar-refractivity contribution in [3.05, 3.63) is 59.7 Å². The van der Waals surface area contributed by atoms with Crippen molar-refractivity contribution in [2.45, 2.75) is 27.2 Å². The molecule has 0 fully saturated rings. The van der Waals surface area contributed by atoms with E-state index in [0.717, 1.165) is 23.6 Å². The van der Waals surface area contributed by atoms with Crippen LogP contribution in [0.15, 0.2) is 42.5 Å². The molecule has 2 heteroatoms. The van der Waals surface area contributed by atoms with Gasteiger partial charge < -0.3 is 0 Å². The number of rotatable bonds is 2. The van der Waals surface area contributed by atoms with Gasteiger partial charge in [0.1, 0.15) is 0 Å². The fourth-order valence-corrected chi connectivity index (χ4v) is 2.19. The normalized spacial score (nSPS) is 11.6. The Bertz CT molecular complexity index is 580. The van der Waals surface area contributed by atoms with Gasteiger partial charge in [0.25, 0.3) is 0 Å². The summed E-state index contributed by atoms with van der Waals surface area (Å²) in [7, 11) is 0. The van der Waals surface area contributed by atoms with E-state index in [1.807, 2.05) is 24.3 Å². The molecule has 0 saturated carbocycles. The first-order chi connectivity index (χ1) is 8.87. The molecular weight excluding hydrogens is 242 g/mol. The van der Waals surface area contributed by atoms with Gasteiger partial charge in [-0.1, -0.05) is 57.2 Å². The van der Waals surface area contributed by atoms with Crippen molar-refractivity contribution >= 4 is 0 Å². The Morgan fingerprint density at radius 1 is 0.947 bits per heavy atom. The first kappa shape index (κ1) is 13.7. The Kier molecular flexibility index (Phi) is 3.70. The number of hydrogen-bond donors (Lipinski definition) is 0. The minimum Gasteiger partial charge on any atom is -0.204 e. The molecule has 0 aliphatic heterocycles. The molecule has 0 unspecified atom stereocenters. The summed E-state index contributed by atoms with van der Waals surface area (Å²) in [6, 6.07) is 11.9. The van der Waals surface area contributed by atoms with Crippen molar-refractivity contribution in [2.24, 2.45) is 5.41 Å². The van der Waals surface area contributed by atoms with Crippen LogP contribution in [0, 0.1) is 17.0 Å². The van der Waals surface area contributed by atoms with Gasteiger partial charge in [-0.2, -0.15) is 0 Å². The highest BCUT2D eigenvalue weighted by Crippen LogP contribution is 2.27. The maximum absolute atomic E-state index is 13.8. The van der Waals surface area contributed by atoms with E-state index < -0.39 is 11.6 Å². The van der Waals surface area contributed by atoms with Gasteiger partial charge in [-0.05, 0) is 29.0 Å². The SMILES string of the molecule is CC(C)(C)Cc1cccc(-c2cccc(F)c2F)c1. The Labute approximate surface area is 113 Å². The van der Waals surface area contributed by atoms with Gasteiger partial charge in [-0.25, -0.2) is 8.78 Å². The predicted octanol–water partition coefficient (Wildman–Crippen LogP) is 5.22. The lowest BCUT2D eigenvalue weighted by Crippen LogP contribution is -2.09. The topological polar surface area (TPSA) is 0 Å². The van der Waals surface area contributed by atoms with Crippen LogP contribution in [-0.2, 0) is 6.42 Å². The minimum absolute atomic E-state index is 0.166. The van der Waals surface area contributed by atoms with Crippen LogP contribution in [0.2, 0.25) is 0 Å². The minimum atomic E-state index is -0.807. The summed E-state index contributed by atoms with van der Waals surface area (Å²) >= 11 is 0. The molecule has 0 atom stereocenters. The quantitative estimate of drug-likeness (QED) is 0.694. The second-order valence-corrected chi connectivity index (χ2v) is 6.04. The lowest BCUT2D eigenvalue weighted by Gasteiger charge is -2.18. The first-order valence-corrected chi connectivity index (χ1v) is 6.40. The average molecular weight is 260 g/mol. The Hall–Kier alpha value is -1.70. The highest BCUT2D eigenvalue weighted by Gasteiger charge is 2.13. The van der Waals surface area contributed by atoms with Crippen LogP contribution < -0.4 is 0 Å². The van der Waals surface area contributed by atoms with Crippen molar-refractivity contribution in [1.82, 2.24) is 0 Å². The number of halogens is 2. The number of benzene rings is 2. The molecule has 0 aliphatic carbocycles. The average Bonchev–Trinajstić information content (AvgIpc) is 2.31. The van der Waals surface area contributed by atoms with Crippen LogP contribution in [0.4, 0.5) is 8.78 Å². The molecule has 2 aromatic carbocycles. The van der Waals surface area contributed by atoms with Gasteiger partial charge in [-0.15, -0.1) is 0 Å². The molecule has 0 radical (unpaired) electrons. The third kappa shape index (κ3) is 3.40. The summed E-state index contributed by atoms with van der Waals surface area (Å²) < 4.78 is 27.0. The Morgan fingerprint density at radius 3 is 2.32 bits per heavy atom. The van der Waals surface area contributed by atoms with Gasteiger partial charge in [0.05, 0.1) is 0 Å². The second-order valence-electron chi connectivity index (χ2n) is 6.04. The summed E-state index contributed by atoms with van der Waals surface area (Å²) in [6.07, 6.45) is 0.901. The van der Waals surface area contributed by atoms with Gasteiger partial charge in [-0.3, -0.25) is 0 Å². The van der Waals surface area contributed by atoms with E-state index in [4.69, 9.17) is 0 Å². The fraction of sp³-hybridized carbons (Fsp3) is 0.294. The maximum atomic E-state index is 13.8. The van der Waals surface area contributed by atoms with E-state index >= 15 is 0 Å². The van der Waals surface area contributed by atoms with Crippen LogP contribution in [0.1, 0.15) is 26.3 Å². The van der Waals surface area contributed by atoms with E-state index in [9.17, 15) is 8.78 Å². The molecule has 0 nitrogen and oxygen atoms in total. The largest absolute Gasteiger partial charge is 0.204 e. The maximum Gasteiger partial charge on any atom is 0.166 e. The third-order valence-electron chi connectivity index (χ3n) is 2.92. The summed E-state index contributed by atoms with van der Waals surface area (Å²) in [5, 5.41) is 0. The molecule has 2 aromatic rings. The van der Waals surface area contributed by atoms with Crippen LogP contribution in [0.3, 0.4) is 0 Å². The highest BCUT2D eigenvalue weighted by molar-refractivity contribution is 5.65. The zero-order chi connectivity index (χ0) is 14.0. The lowest BCUT2D eigenvalue weighted by molar-refractivity contribution is 0.411. The molecule has 2 rings (SSSR count). The van der Waals surface area contributed by atoms with E-state index in [0.29, 0.717) is 5.56 Å². The molecule has 0 amide bonds. The molecule has 0 spiro atoms. The van der Waals surface area contributed by atoms with Crippen molar-refractivity contribution in [3.8, 4) is 11.1 Å². The summed E-state index contributed by atoms with van der Waals surface area (Å²) in [5.41, 5.74) is 2.34. The molecular formula is C17H18F2. The second kappa shape index (κ2) is 5.12. The van der Waals surface area contributed by atoms with Crippen LogP contribution in [0.25, 0.3) is 11.1 Å². The van der Waals surface area contributed by atoms with Crippen LogP contribution in [0.5, 0.6) is 0 Å². The smallest absolute Gasteiger partial charge is 0.166 e. The van der Waals surface area contributed by atoms with Crippen LogP contribution >= 0.6 is 0 Å². The highest BCUT2D eigenvalue weighted by atomic mass is 19.2. The zero-order valence-corrected chi connectivity index (χ0v) is 11.5. The molecule has 0 saturated heterocycles.